The van der Waals surface area contributed by atoms with E-state index in [1.165, 1.54) is 0 Å². The molecule has 2 heterocycles. The zero-order valence-corrected chi connectivity index (χ0v) is 16.7. The van der Waals surface area contributed by atoms with Gasteiger partial charge < -0.3 is 10.2 Å². The van der Waals surface area contributed by atoms with Crippen molar-refractivity contribution in [1.82, 2.24) is 19.6 Å². The van der Waals surface area contributed by atoms with Gasteiger partial charge in [0.25, 0.3) is 5.91 Å². The summed E-state index contributed by atoms with van der Waals surface area (Å²) in [6.45, 7) is 4.48. The third-order valence-electron chi connectivity index (χ3n) is 4.41. The van der Waals surface area contributed by atoms with Crippen LogP contribution in [-0.2, 0) is 11.8 Å². The van der Waals surface area contributed by atoms with Crippen molar-refractivity contribution in [2.24, 2.45) is 7.05 Å². The molecule has 0 bridgehead atoms. The van der Waals surface area contributed by atoms with Crippen molar-refractivity contribution < 1.29 is 9.59 Å². The Morgan fingerprint density at radius 2 is 1.70 bits per heavy atom. The molecule has 1 saturated heterocycles. The van der Waals surface area contributed by atoms with Crippen LogP contribution in [0.5, 0.6) is 0 Å². The molecule has 1 N–H and O–H groups in total. The molecule has 1 fully saturated rings. The third kappa shape index (κ3) is 5.00. The van der Waals surface area contributed by atoms with Gasteiger partial charge in [-0.1, -0.05) is 23.2 Å². The van der Waals surface area contributed by atoms with Crippen LogP contribution in [-0.4, -0.2) is 64.1 Å². The van der Waals surface area contributed by atoms with Crippen LogP contribution in [0.25, 0.3) is 0 Å². The van der Waals surface area contributed by atoms with Crippen LogP contribution in [0, 0.1) is 6.92 Å². The van der Waals surface area contributed by atoms with E-state index in [2.05, 4.69) is 10.4 Å². The van der Waals surface area contributed by atoms with Crippen molar-refractivity contribution in [2.45, 2.75) is 6.92 Å². The highest BCUT2D eigenvalue weighted by Crippen LogP contribution is 2.20. The maximum Gasteiger partial charge on any atom is 0.254 e. The van der Waals surface area contributed by atoms with Crippen LogP contribution in [0.15, 0.2) is 24.3 Å². The number of carbonyl (C=O) groups is 2. The van der Waals surface area contributed by atoms with Gasteiger partial charge in [-0.25, -0.2) is 0 Å². The predicted molar refractivity (Wildman–Crippen MR) is 105 cm³/mol. The third-order valence-corrected chi connectivity index (χ3v) is 4.84. The van der Waals surface area contributed by atoms with E-state index in [-0.39, 0.29) is 18.4 Å². The lowest BCUT2D eigenvalue weighted by Gasteiger charge is -2.34. The van der Waals surface area contributed by atoms with Crippen LogP contribution < -0.4 is 5.32 Å². The molecule has 0 unspecified atom stereocenters. The number of halogens is 2. The highest BCUT2D eigenvalue weighted by atomic mass is 35.5. The Kier molecular flexibility index (Phi) is 6.04. The summed E-state index contributed by atoms with van der Waals surface area (Å²) < 4.78 is 1.64. The van der Waals surface area contributed by atoms with Gasteiger partial charge in [-0.2, -0.15) is 5.10 Å². The first-order valence-electron chi connectivity index (χ1n) is 8.60. The zero-order valence-electron chi connectivity index (χ0n) is 15.2. The minimum atomic E-state index is -0.103. The van der Waals surface area contributed by atoms with Gasteiger partial charge in [0, 0.05) is 54.9 Å². The summed E-state index contributed by atoms with van der Waals surface area (Å²) in [6.07, 6.45) is 0. The van der Waals surface area contributed by atoms with Crippen LogP contribution >= 0.6 is 23.2 Å². The Hall–Kier alpha value is -2.09. The van der Waals surface area contributed by atoms with E-state index in [0.717, 1.165) is 5.69 Å². The van der Waals surface area contributed by atoms with Gasteiger partial charge in [0.05, 0.1) is 12.2 Å². The number of aromatic nitrogens is 2. The first-order chi connectivity index (χ1) is 12.8. The Bertz CT molecular complexity index is 839. The number of hydrogen-bond donors (Lipinski definition) is 1. The van der Waals surface area contributed by atoms with E-state index in [1.54, 1.807) is 34.8 Å². The lowest BCUT2D eigenvalue weighted by atomic mass is 10.2. The van der Waals surface area contributed by atoms with Gasteiger partial charge in [-0.05, 0) is 25.1 Å². The van der Waals surface area contributed by atoms with E-state index >= 15 is 0 Å². The number of amides is 2. The molecule has 1 aromatic heterocycles. The Morgan fingerprint density at radius 3 is 2.26 bits per heavy atom. The molecule has 27 heavy (non-hydrogen) atoms. The Morgan fingerprint density at radius 1 is 1.07 bits per heavy atom. The molecule has 0 spiro atoms. The quantitative estimate of drug-likeness (QED) is 0.841. The largest absolute Gasteiger partial charge is 0.336 e. The molecule has 0 atom stereocenters. The highest BCUT2D eigenvalue weighted by molar-refractivity contribution is 6.35. The van der Waals surface area contributed by atoms with E-state index in [9.17, 15) is 9.59 Å². The van der Waals surface area contributed by atoms with E-state index in [1.807, 2.05) is 17.9 Å². The van der Waals surface area contributed by atoms with Crippen molar-refractivity contribution >= 4 is 40.8 Å². The SMILES string of the molecule is Cc1cc(NC(=O)CN2CCN(C(=O)c3cc(Cl)cc(Cl)c3)CC2)n(C)n1. The lowest BCUT2D eigenvalue weighted by Crippen LogP contribution is -2.50. The van der Waals surface area contributed by atoms with E-state index in [0.29, 0.717) is 47.6 Å². The maximum absolute atomic E-state index is 12.6. The van der Waals surface area contributed by atoms with Gasteiger partial charge in [0.15, 0.2) is 0 Å². The monoisotopic (exact) mass is 409 g/mol. The number of benzene rings is 1. The van der Waals surface area contributed by atoms with Gasteiger partial charge >= 0.3 is 0 Å². The molecule has 0 saturated carbocycles. The minimum Gasteiger partial charge on any atom is -0.336 e. The summed E-state index contributed by atoms with van der Waals surface area (Å²) in [7, 11) is 1.79. The van der Waals surface area contributed by atoms with Crippen molar-refractivity contribution in [3.8, 4) is 0 Å². The second-order valence-corrected chi connectivity index (χ2v) is 7.44. The number of aryl methyl sites for hydroxylation is 2. The lowest BCUT2D eigenvalue weighted by molar-refractivity contribution is -0.117. The molecular weight excluding hydrogens is 389 g/mol. The van der Waals surface area contributed by atoms with Crippen LogP contribution in [0.1, 0.15) is 16.1 Å². The smallest absolute Gasteiger partial charge is 0.254 e. The minimum absolute atomic E-state index is 0.0978. The molecular formula is C18H21Cl2N5O2. The molecule has 1 aliphatic rings. The normalized spacial score (nSPS) is 15.0. The summed E-state index contributed by atoms with van der Waals surface area (Å²) in [4.78, 5) is 28.6. The highest BCUT2D eigenvalue weighted by Gasteiger charge is 2.24. The molecule has 1 aromatic carbocycles. The maximum atomic E-state index is 12.6. The average Bonchev–Trinajstić information content (AvgIpc) is 2.91. The number of rotatable bonds is 4. The number of anilines is 1. The van der Waals surface area contributed by atoms with E-state index < -0.39 is 0 Å². The second-order valence-electron chi connectivity index (χ2n) is 6.57. The molecule has 3 rings (SSSR count). The van der Waals surface area contributed by atoms with Crippen LogP contribution in [0.3, 0.4) is 0 Å². The first-order valence-corrected chi connectivity index (χ1v) is 9.35. The average molecular weight is 410 g/mol. The summed E-state index contributed by atoms with van der Waals surface area (Å²) in [5, 5.41) is 7.94. The summed E-state index contributed by atoms with van der Waals surface area (Å²) >= 11 is 12.0. The predicted octanol–water partition coefficient (Wildman–Crippen LogP) is 2.43. The molecule has 2 amide bonds. The summed E-state index contributed by atoms with van der Waals surface area (Å²) in [6, 6.07) is 6.65. The van der Waals surface area contributed by atoms with Gasteiger partial charge in [-0.15, -0.1) is 0 Å². The summed E-state index contributed by atoms with van der Waals surface area (Å²) in [5.74, 6) is 0.470. The standard InChI is InChI=1S/C18H21Cl2N5O2/c1-12-7-16(23(2)22-12)21-17(26)11-24-3-5-25(6-4-24)18(27)13-8-14(19)10-15(20)9-13/h7-10H,3-6,11H2,1-2H3,(H,21,26). The van der Waals surface area contributed by atoms with Crippen LogP contribution in [0.2, 0.25) is 10.0 Å². The number of nitrogens with zero attached hydrogens (tertiary/aromatic N) is 4. The van der Waals surface area contributed by atoms with E-state index in [4.69, 9.17) is 23.2 Å². The fourth-order valence-electron chi connectivity index (χ4n) is 3.08. The topological polar surface area (TPSA) is 70.5 Å². The van der Waals surface area contributed by atoms with Crippen LogP contribution in [0.4, 0.5) is 5.82 Å². The second kappa shape index (κ2) is 8.29. The number of hydrogen-bond acceptors (Lipinski definition) is 4. The number of nitrogens with one attached hydrogen (secondary N) is 1. The molecule has 1 aliphatic heterocycles. The number of piperazine rings is 1. The first kappa shape index (κ1) is 19.7. The molecule has 144 valence electrons. The molecule has 0 radical (unpaired) electrons. The Labute approximate surface area is 167 Å². The van der Waals surface area contributed by atoms with Crippen molar-refractivity contribution in [2.75, 3.05) is 38.0 Å². The fraction of sp³-hybridized carbons (Fsp3) is 0.389. The zero-order chi connectivity index (χ0) is 19.6. The molecule has 9 heteroatoms. The fourth-order valence-corrected chi connectivity index (χ4v) is 3.61. The van der Waals surface area contributed by atoms with Crippen molar-refractivity contribution in [3.63, 3.8) is 0 Å². The Balaban J connectivity index is 1.51. The summed E-state index contributed by atoms with van der Waals surface area (Å²) in [5.41, 5.74) is 1.33. The van der Waals surface area contributed by atoms with Crippen molar-refractivity contribution in [3.05, 3.63) is 45.6 Å². The number of carbonyl (C=O) groups excluding carboxylic acids is 2. The molecule has 0 aliphatic carbocycles. The van der Waals surface area contributed by atoms with Gasteiger partial charge in [0.1, 0.15) is 5.82 Å². The molecule has 7 nitrogen and oxygen atoms in total. The molecule has 2 aromatic rings. The van der Waals surface area contributed by atoms with Gasteiger partial charge in [0.2, 0.25) is 5.91 Å². The van der Waals surface area contributed by atoms with Gasteiger partial charge in [-0.3, -0.25) is 19.2 Å². The van der Waals surface area contributed by atoms with Crippen molar-refractivity contribution in [1.29, 1.82) is 0 Å².